The molecule has 0 bridgehead atoms. The number of para-hydroxylation sites is 1. The van der Waals surface area contributed by atoms with E-state index >= 15 is 0 Å². The molecule has 112 valence electrons. The Kier molecular flexibility index (Phi) is 3.46. The number of rotatable bonds is 5. The maximum Gasteiger partial charge on any atom is 0.209 e. The highest BCUT2D eigenvalue weighted by molar-refractivity contribution is 7.98. The molecule has 1 aliphatic rings. The number of hydrogen-bond donors (Lipinski definition) is 0. The molecule has 0 aliphatic heterocycles. The minimum absolute atomic E-state index is 0.551. The van der Waals surface area contributed by atoms with Gasteiger partial charge < -0.3 is 4.52 Å². The topological polar surface area (TPSA) is 56.7 Å². The summed E-state index contributed by atoms with van der Waals surface area (Å²) >= 11 is 1.58. The van der Waals surface area contributed by atoms with Crippen LogP contribution in [0.15, 0.2) is 46.1 Å². The third-order valence-electron chi connectivity index (χ3n) is 3.58. The van der Waals surface area contributed by atoms with Crippen LogP contribution in [0.4, 0.5) is 0 Å². The zero-order valence-electron chi connectivity index (χ0n) is 12.3. The Morgan fingerprint density at radius 2 is 2.09 bits per heavy atom. The molecule has 1 saturated carbocycles. The molecule has 0 radical (unpaired) electrons. The maximum absolute atomic E-state index is 5.23. The van der Waals surface area contributed by atoms with Crippen molar-refractivity contribution in [2.24, 2.45) is 0 Å². The Hall–Kier alpha value is -2.08. The zero-order chi connectivity index (χ0) is 14.9. The van der Waals surface area contributed by atoms with Crippen molar-refractivity contribution in [1.82, 2.24) is 19.9 Å². The number of benzene rings is 1. The predicted octanol–water partition coefficient (Wildman–Crippen LogP) is 3.73. The van der Waals surface area contributed by atoms with Gasteiger partial charge in [0.05, 0.1) is 17.1 Å². The average molecular weight is 312 g/mol. The van der Waals surface area contributed by atoms with Crippen molar-refractivity contribution in [2.45, 2.75) is 36.6 Å². The van der Waals surface area contributed by atoms with E-state index in [1.165, 1.54) is 12.8 Å². The van der Waals surface area contributed by atoms with Crippen LogP contribution in [0, 0.1) is 6.92 Å². The van der Waals surface area contributed by atoms with E-state index in [0.29, 0.717) is 11.7 Å². The second kappa shape index (κ2) is 5.61. The van der Waals surface area contributed by atoms with Crippen LogP contribution in [0.5, 0.6) is 0 Å². The summed E-state index contributed by atoms with van der Waals surface area (Å²) in [5.74, 6) is 3.17. The van der Waals surface area contributed by atoms with Crippen LogP contribution in [0.25, 0.3) is 5.69 Å². The van der Waals surface area contributed by atoms with Crippen molar-refractivity contribution in [1.29, 1.82) is 0 Å². The van der Waals surface area contributed by atoms with Crippen LogP contribution in [-0.4, -0.2) is 19.9 Å². The van der Waals surface area contributed by atoms with Crippen LogP contribution < -0.4 is 0 Å². The molecular weight excluding hydrogens is 296 g/mol. The van der Waals surface area contributed by atoms with Gasteiger partial charge in [-0.2, -0.15) is 0 Å². The number of hydrogen-bond acceptors (Lipinski definition) is 5. The first-order chi connectivity index (χ1) is 10.8. The first-order valence-electron chi connectivity index (χ1n) is 7.37. The molecule has 2 aromatic heterocycles. The van der Waals surface area contributed by atoms with E-state index in [1.54, 1.807) is 11.8 Å². The van der Waals surface area contributed by atoms with Gasteiger partial charge in [-0.25, -0.2) is 9.67 Å². The molecule has 6 heteroatoms. The lowest BCUT2D eigenvalue weighted by atomic mass is 10.3. The zero-order valence-corrected chi connectivity index (χ0v) is 13.1. The molecule has 22 heavy (non-hydrogen) atoms. The summed E-state index contributed by atoms with van der Waals surface area (Å²) in [7, 11) is 0. The summed E-state index contributed by atoms with van der Waals surface area (Å²) in [6.45, 7) is 1.92. The molecule has 3 aromatic rings. The maximum atomic E-state index is 5.23. The van der Waals surface area contributed by atoms with Crippen LogP contribution >= 0.6 is 11.8 Å². The number of aryl methyl sites for hydroxylation is 1. The largest absolute Gasteiger partial charge is 0.360 e. The molecule has 0 spiro atoms. The average Bonchev–Trinajstić information content (AvgIpc) is 3.17. The van der Waals surface area contributed by atoms with Crippen molar-refractivity contribution < 1.29 is 4.52 Å². The van der Waals surface area contributed by atoms with E-state index in [4.69, 9.17) is 9.51 Å². The molecule has 5 nitrogen and oxygen atoms in total. The van der Waals surface area contributed by atoms with Crippen molar-refractivity contribution in [3.63, 3.8) is 0 Å². The van der Waals surface area contributed by atoms with Crippen LogP contribution in [0.3, 0.4) is 0 Å². The van der Waals surface area contributed by atoms with E-state index in [0.717, 1.165) is 28.1 Å². The Morgan fingerprint density at radius 1 is 1.27 bits per heavy atom. The lowest BCUT2D eigenvalue weighted by Gasteiger charge is -2.03. The second-order valence-electron chi connectivity index (χ2n) is 5.50. The van der Waals surface area contributed by atoms with Crippen molar-refractivity contribution in [2.75, 3.05) is 0 Å². The van der Waals surface area contributed by atoms with Gasteiger partial charge in [-0.1, -0.05) is 35.1 Å². The minimum Gasteiger partial charge on any atom is -0.360 e. The third-order valence-corrected chi connectivity index (χ3v) is 4.44. The summed E-state index contributed by atoms with van der Waals surface area (Å²) in [4.78, 5) is 4.72. The van der Waals surface area contributed by atoms with Crippen LogP contribution in [0.1, 0.15) is 36.0 Å². The van der Waals surface area contributed by atoms with Crippen LogP contribution in [0.2, 0.25) is 0 Å². The molecule has 1 aliphatic carbocycles. The normalized spacial score (nSPS) is 14.4. The Bertz CT molecular complexity index is 777. The van der Waals surface area contributed by atoms with Gasteiger partial charge in [-0.05, 0) is 31.9 Å². The van der Waals surface area contributed by atoms with Crippen molar-refractivity contribution in [3.8, 4) is 5.69 Å². The fourth-order valence-corrected chi connectivity index (χ4v) is 3.06. The fourth-order valence-electron chi connectivity index (χ4n) is 2.35. The quantitative estimate of drug-likeness (QED) is 0.672. The molecule has 4 rings (SSSR count). The SMILES string of the molecule is Cc1cc(CSc2nc(C3CC3)n(-c3ccccc3)n2)on1. The first-order valence-corrected chi connectivity index (χ1v) is 8.35. The van der Waals surface area contributed by atoms with E-state index in [-0.39, 0.29) is 0 Å². The minimum atomic E-state index is 0.551. The molecule has 0 saturated heterocycles. The molecular formula is C16H16N4OS. The smallest absolute Gasteiger partial charge is 0.209 e. The van der Waals surface area contributed by atoms with Gasteiger partial charge in [0.1, 0.15) is 11.6 Å². The summed E-state index contributed by atoms with van der Waals surface area (Å²) < 4.78 is 7.21. The van der Waals surface area contributed by atoms with Gasteiger partial charge in [0.2, 0.25) is 5.16 Å². The molecule has 1 fully saturated rings. The third kappa shape index (κ3) is 2.78. The van der Waals surface area contributed by atoms with Gasteiger partial charge >= 0.3 is 0 Å². The van der Waals surface area contributed by atoms with E-state index in [9.17, 15) is 0 Å². The summed E-state index contributed by atoms with van der Waals surface area (Å²) in [6, 6.07) is 12.1. The number of aromatic nitrogens is 4. The molecule has 1 aromatic carbocycles. The summed E-state index contributed by atoms with van der Waals surface area (Å²) in [5.41, 5.74) is 1.97. The lowest BCUT2D eigenvalue weighted by Crippen LogP contribution is -2.01. The standard InChI is InChI=1S/C16H16N4OS/c1-11-9-14(21-19-11)10-22-16-17-15(12-7-8-12)20(18-16)13-5-3-2-4-6-13/h2-6,9,12H,7-8,10H2,1H3. The van der Waals surface area contributed by atoms with E-state index < -0.39 is 0 Å². The Balaban J connectivity index is 1.58. The van der Waals surface area contributed by atoms with Gasteiger partial charge in [0, 0.05) is 12.0 Å². The molecule has 0 amide bonds. The Labute approximate surface area is 132 Å². The predicted molar refractivity (Wildman–Crippen MR) is 84.1 cm³/mol. The number of thioether (sulfide) groups is 1. The summed E-state index contributed by atoms with van der Waals surface area (Å²) in [6.07, 6.45) is 2.41. The fraction of sp³-hybridized carbons (Fsp3) is 0.312. The van der Waals surface area contributed by atoms with E-state index in [1.807, 2.05) is 35.9 Å². The highest BCUT2D eigenvalue weighted by atomic mass is 32.2. The molecule has 0 N–H and O–H groups in total. The number of nitrogens with zero attached hydrogens (tertiary/aromatic N) is 4. The van der Waals surface area contributed by atoms with E-state index in [2.05, 4.69) is 22.4 Å². The van der Waals surface area contributed by atoms with Gasteiger partial charge in [-0.3, -0.25) is 0 Å². The van der Waals surface area contributed by atoms with Crippen molar-refractivity contribution in [3.05, 3.63) is 53.7 Å². The lowest BCUT2D eigenvalue weighted by molar-refractivity contribution is 0.391. The highest BCUT2D eigenvalue weighted by Gasteiger charge is 2.30. The van der Waals surface area contributed by atoms with Crippen LogP contribution in [-0.2, 0) is 5.75 Å². The van der Waals surface area contributed by atoms with Gasteiger partial charge in [0.15, 0.2) is 0 Å². The van der Waals surface area contributed by atoms with Crippen molar-refractivity contribution >= 4 is 11.8 Å². The van der Waals surface area contributed by atoms with Gasteiger partial charge in [0.25, 0.3) is 0 Å². The Morgan fingerprint density at radius 3 is 2.77 bits per heavy atom. The van der Waals surface area contributed by atoms with Gasteiger partial charge in [-0.15, -0.1) is 5.10 Å². The molecule has 0 unspecified atom stereocenters. The summed E-state index contributed by atoms with van der Waals surface area (Å²) in [5, 5.41) is 9.36. The monoisotopic (exact) mass is 312 g/mol. The second-order valence-corrected chi connectivity index (χ2v) is 6.44. The highest BCUT2D eigenvalue weighted by Crippen LogP contribution is 2.40. The first kappa shape index (κ1) is 13.6. The molecule has 2 heterocycles. The molecule has 0 atom stereocenters.